The van der Waals surface area contributed by atoms with Gasteiger partial charge in [-0.2, -0.15) is 0 Å². The Morgan fingerprint density at radius 2 is 1.44 bits per heavy atom. The minimum absolute atomic E-state index is 0. The van der Waals surface area contributed by atoms with Crippen LogP contribution in [0.1, 0.15) is 13.3 Å². The third-order valence-electron chi connectivity index (χ3n) is 3.89. The Kier molecular flexibility index (Phi) is 5.70. The topological polar surface area (TPSA) is 97.5 Å². The van der Waals surface area contributed by atoms with E-state index < -0.39 is 5.97 Å². The van der Waals surface area contributed by atoms with Gasteiger partial charge in [0.1, 0.15) is 23.6 Å². The molecule has 0 bridgehead atoms. The quantitative estimate of drug-likeness (QED) is 0.260. The van der Waals surface area contributed by atoms with Crippen molar-refractivity contribution >= 4 is 40.7 Å². The Hall–Kier alpha value is -2.11. The molecule has 4 rings (SSSR count). The van der Waals surface area contributed by atoms with Crippen LogP contribution in [-0.4, -0.2) is 99.8 Å². The van der Waals surface area contributed by atoms with Crippen molar-refractivity contribution in [2.45, 2.75) is 13.3 Å². The second kappa shape index (κ2) is 7.42. The lowest BCUT2D eigenvalue weighted by atomic mass is 10.0. The Morgan fingerprint density at radius 1 is 0.960 bits per heavy atom. The number of carbonyl (C=O) groups excluding carboxylic acids is 3. The van der Waals surface area contributed by atoms with E-state index in [9.17, 15) is 19.2 Å². The standard InChI is InChI=1S/C12H13N3O2.C4H6O3.Al.3H/c16-9-7-8(13-1-2-13)12(17)11(15-5-6-15)10(9)14-3-4-14;1-3(5)2-4(6)7;;;;/h7H,1-6H2;2H2,1H3,(H,6,7);;;;. The van der Waals surface area contributed by atoms with E-state index in [4.69, 9.17) is 5.11 Å². The van der Waals surface area contributed by atoms with E-state index in [0.29, 0.717) is 17.1 Å². The summed E-state index contributed by atoms with van der Waals surface area (Å²) in [6, 6.07) is 0. The molecule has 4 aliphatic rings. The van der Waals surface area contributed by atoms with Gasteiger partial charge in [-0.25, -0.2) is 0 Å². The van der Waals surface area contributed by atoms with Gasteiger partial charge in [0.05, 0.1) is 5.70 Å². The van der Waals surface area contributed by atoms with E-state index in [1.165, 1.54) is 13.0 Å². The van der Waals surface area contributed by atoms with E-state index in [-0.39, 0.29) is 41.1 Å². The Balaban J connectivity index is 0.000000246. The van der Waals surface area contributed by atoms with Crippen molar-refractivity contribution in [3.63, 3.8) is 0 Å². The average molecular weight is 363 g/mol. The number of carboxylic acid groups (broad SMARTS) is 1. The van der Waals surface area contributed by atoms with Crippen molar-refractivity contribution in [2.24, 2.45) is 0 Å². The minimum Gasteiger partial charge on any atom is -0.481 e. The number of Topliss-reactive ketones (excluding diaryl/α,β-unsaturated/α-hetero) is 2. The smallest absolute Gasteiger partial charge is 0.310 e. The zero-order chi connectivity index (χ0) is 17.4. The van der Waals surface area contributed by atoms with E-state index >= 15 is 0 Å². The summed E-state index contributed by atoms with van der Waals surface area (Å²) in [7, 11) is 0. The molecule has 3 fully saturated rings. The Morgan fingerprint density at radius 3 is 1.80 bits per heavy atom. The molecule has 0 aromatic carbocycles. The van der Waals surface area contributed by atoms with Gasteiger partial charge in [-0.3, -0.25) is 19.2 Å². The maximum Gasteiger partial charge on any atom is 0.310 e. The predicted molar refractivity (Wildman–Crippen MR) is 92.7 cm³/mol. The fourth-order valence-electron chi connectivity index (χ4n) is 2.49. The van der Waals surface area contributed by atoms with Crippen LogP contribution >= 0.6 is 0 Å². The molecule has 25 heavy (non-hydrogen) atoms. The maximum absolute atomic E-state index is 12.4. The summed E-state index contributed by atoms with van der Waals surface area (Å²) in [4.78, 5) is 49.9. The second-order valence-electron chi connectivity index (χ2n) is 6.15. The summed E-state index contributed by atoms with van der Waals surface area (Å²) in [5.74, 6) is -1.33. The van der Waals surface area contributed by atoms with Crippen molar-refractivity contribution < 1.29 is 24.3 Å². The van der Waals surface area contributed by atoms with Crippen LogP contribution in [0.25, 0.3) is 0 Å². The number of allylic oxidation sites excluding steroid dienone is 1. The number of hydrogen-bond acceptors (Lipinski definition) is 7. The molecule has 3 heterocycles. The molecular formula is C16H22AlN3O5. The average Bonchev–Trinajstić information content (AvgIpc) is 3.36. The van der Waals surface area contributed by atoms with E-state index in [1.54, 1.807) is 0 Å². The van der Waals surface area contributed by atoms with Crippen molar-refractivity contribution in [1.29, 1.82) is 0 Å². The molecule has 9 heteroatoms. The van der Waals surface area contributed by atoms with Gasteiger partial charge in [-0.1, -0.05) is 0 Å². The van der Waals surface area contributed by atoms with Crippen LogP contribution in [0.5, 0.6) is 0 Å². The number of ketones is 3. The summed E-state index contributed by atoms with van der Waals surface area (Å²) in [5, 5.41) is 7.86. The molecule has 3 saturated heterocycles. The molecule has 1 N–H and O–H groups in total. The van der Waals surface area contributed by atoms with Crippen LogP contribution in [0.2, 0.25) is 0 Å². The fraction of sp³-hybridized carbons (Fsp3) is 0.500. The van der Waals surface area contributed by atoms with Crippen LogP contribution in [0.3, 0.4) is 0 Å². The summed E-state index contributed by atoms with van der Waals surface area (Å²) < 4.78 is 0. The van der Waals surface area contributed by atoms with Crippen molar-refractivity contribution in [3.05, 3.63) is 23.2 Å². The summed E-state index contributed by atoms with van der Waals surface area (Å²) in [6.45, 7) is 6.65. The molecule has 0 aromatic rings. The van der Waals surface area contributed by atoms with Crippen molar-refractivity contribution in [1.82, 2.24) is 14.7 Å². The highest BCUT2D eigenvalue weighted by Crippen LogP contribution is 2.33. The van der Waals surface area contributed by atoms with Gasteiger partial charge in [0, 0.05) is 45.3 Å². The molecule has 0 aromatic heterocycles. The lowest BCUT2D eigenvalue weighted by Crippen LogP contribution is -2.29. The first-order valence-electron chi connectivity index (χ1n) is 7.89. The highest BCUT2D eigenvalue weighted by atomic mass is 27.0. The van der Waals surface area contributed by atoms with Crippen LogP contribution < -0.4 is 0 Å². The fourth-order valence-corrected chi connectivity index (χ4v) is 2.49. The van der Waals surface area contributed by atoms with Crippen molar-refractivity contribution in [3.8, 4) is 0 Å². The Labute approximate surface area is 155 Å². The highest BCUT2D eigenvalue weighted by molar-refractivity contribution is 6.22. The van der Waals surface area contributed by atoms with E-state index in [1.807, 2.05) is 14.7 Å². The number of carbonyl (C=O) groups is 4. The largest absolute Gasteiger partial charge is 0.481 e. The van der Waals surface area contributed by atoms with Gasteiger partial charge in [0.15, 0.2) is 17.4 Å². The molecule has 0 unspecified atom stereocenters. The summed E-state index contributed by atoms with van der Waals surface area (Å²) in [5.41, 5.74) is 1.89. The van der Waals surface area contributed by atoms with E-state index in [2.05, 4.69) is 0 Å². The zero-order valence-electron chi connectivity index (χ0n) is 13.4. The monoisotopic (exact) mass is 363 g/mol. The molecule has 0 saturated carbocycles. The number of hydrogen-bond donors (Lipinski definition) is 1. The van der Waals surface area contributed by atoms with Gasteiger partial charge < -0.3 is 19.8 Å². The summed E-state index contributed by atoms with van der Waals surface area (Å²) in [6.07, 6.45) is 1.16. The molecule has 0 amide bonds. The molecule has 0 radical (unpaired) electrons. The van der Waals surface area contributed by atoms with Crippen molar-refractivity contribution in [2.75, 3.05) is 39.3 Å². The maximum atomic E-state index is 12.4. The molecule has 134 valence electrons. The number of nitrogens with zero attached hydrogens (tertiary/aromatic N) is 3. The molecule has 0 atom stereocenters. The normalized spacial score (nSPS) is 20.4. The van der Waals surface area contributed by atoms with Crippen LogP contribution in [-0.2, 0) is 19.2 Å². The van der Waals surface area contributed by atoms with Crippen LogP contribution in [0, 0.1) is 0 Å². The molecule has 8 nitrogen and oxygen atoms in total. The number of carboxylic acids is 1. The van der Waals surface area contributed by atoms with Gasteiger partial charge in [0.25, 0.3) is 0 Å². The lowest BCUT2D eigenvalue weighted by Gasteiger charge is -2.21. The SMILES string of the molecule is CC(=O)CC(=O)O.O=C1C=C(N2CC2)C(=O)C(N2CC2)=C1N1CC1.[AlH3]. The highest BCUT2D eigenvalue weighted by Gasteiger charge is 2.43. The Bertz CT molecular complexity index is 676. The van der Waals surface area contributed by atoms with Crippen LogP contribution in [0.15, 0.2) is 23.2 Å². The second-order valence-corrected chi connectivity index (χ2v) is 6.15. The van der Waals surface area contributed by atoms with E-state index in [0.717, 1.165) is 39.3 Å². The molecule has 3 aliphatic heterocycles. The molecule has 1 aliphatic carbocycles. The van der Waals surface area contributed by atoms with Gasteiger partial charge in [0.2, 0.25) is 11.6 Å². The van der Waals surface area contributed by atoms with Gasteiger partial charge in [-0.05, 0) is 6.92 Å². The number of rotatable bonds is 5. The number of aliphatic carboxylic acids is 1. The first-order valence-corrected chi connectivity index (χ1v) is 7.89. The lowest BCUT2D eigenvalue weighted by molar-refractivity contribution is -0.139. The van der Waals surface area contributed by atoms with Gasteiger partial charge >= 0.3 is 5.97 Å². The predicted octanol–water partition coefficient (Wildman–Crippen LogP) is -1.95. The third-order valence-corrected chi connectivity index (χ3v) is 3.89. The molecular weight excluding hydrogens is 341 g/mol. The summed E-state index contributed by atoms with van der Waals surface area (Å²) >= 11 is 0. The first-order chi connectivity index (χ1) is 11.4. The third kappa shape index (κ3) is 4.71. The van der Waals surface area contributed by atoms with Gasteiger partial charge in [-0.15, -0.1) is 0 Å². The zero-order valence-corrected chi connectivity index (χ0v) is 13.4. The minimum atomic E-state index is -1.06. The first kappa shape index (κ1) is 19.2. The molecule has 0 spiro atoms. The van der Waals surface area contributed by atoms with Crippen LogP contribution in [0.4, 0.5) is 0 Å².